The lowest BCUT2D eigenvalue weighted by Gasteiger charge is -2.14. The maximum Gasteiger partial charge on any atom is 0.282 e. The van der Waals surface area contributed by atoms with Crippen molar-refractivity contribution < 1.29 is 4.74 Å². The van der Waals surface area contributed by atoms with Crippen LogP contribution >= 0.6 is 61.1 Å². The lowest BCUT2D eigenvalue weighted by Crippen LogP contribution is -2.23. The molecule has 0 bridgehead atoms. The van der Waals surface area contributed by atoms with E-state index < -0.39 is 0 Å². The van der Waals surface area contributed by atoms with Gasteiger partial charge in [-0.3, -0.25) is 4.79 Å². The summed E-state index contributed by atoms with van der Waals surface area (Å²) in [5, 5.41) is 5.08. The molecule has 0 amide bonds. The molecule has 0 fully saturated rings. The molecule has 1 atom stereocenters. The highest BCUT2D eigenvalue weighted by molar-refractivity contribution is 14.1. The van der Waals surface area contributed by atoms with Crippen molar-refractivity contribution in [3.63, 3.8) is 0 Å². The summed E-state index contributed by atoms with van der Waals surface area (Å²) in [5.41, 5.74) is 1.42. The molecule has 1 heterocycles. The zero-order chi connectivity index (χ0) is 21.1. The SMILES string of the molecule is CCOc1c(I)cc(C=Nn2c([C@@H](C)CC)nc3ccc(Br)cc3c2=O)cc1I. The van der Waals surface area contributed by atoms with Gasteiger partial charge in [0.25, 0.3) is 5.56 Å². The van der Waals surface area contributed by atoms with Crippen molar-refractivity contribution in [1.29, 1.82) is 0 Å². The number of hydrogen-bond donors (Lipinski definition) is 0. The van der Waals surface area contributed by atoms with Gasteiger partial charge in [0.05, 0.1) is 30.9 Å². The second-order valence-corrected chi connectivity index (χ2v) is 9.79. The minimum Gasteiger partial charge on any atom is -0.492 e. The van der Waals surface area contributed by atoms with E-state index in [1.165, 1.54) is 4.68 Å². The largest absolute Gasteiger partial charge is 0.492 e. The van der Waals surface area contributed by atoms with Gasteiger partial charge in [0.2, 0.25) is 0 Å². The fourth-order valence-corrected chi connectivity index (χ4v) is 5.33. The van der Waals surface area contributed by atoms with Gasteiger partial charge in [-0.05, 0) is 94.4 Å². The maximum absolute atomic E-state index is 13.2. The molecule has 152 valence electrons. The van der Waals surface area contributed by atoms with E-state index in [4.69, 9.17) is 9.72 Å². The van der Waals surface area contributed by atoms with E-state index in [9.17, 15) is 4.79 Å². The van der Waals surface area contributed by atoms with Crippen molar-refractivity contribution in [2.24, 2.45) is 5.10 Å². The molecule has 0 saturated carbocycles. The Kier molecular flexibility index (Phi) is 7.71. The van der Waals surface area contributed by atoms with Crippen LogP contribution in [0.2, 0.25) is 0 Å². The standard InChI is InChI=1S/C21H20BrI2N3O2/c1-4-12(3)20-26-18-7-6-14(22)10-15(18)21(28)27(20)25-11-13-8-16(23)19(29-5-2)17(24)9-13/h6-12H,4-5H2,1-3H3/t12-/m0/s1. The molecule has 0 aliphatic carbocycles. The van der Waals surface area contributed by atoms with Crippen LogP contribution in [0, 0.1) is 7.14 Å². The van der Waals surface area contributed by atoms with Crippen molar-refractivity contribution in [2.45, 2.75) is 33.1 Å². The van der Waals surface area contributed by atoms with Gasteiger partial charge < -0.3 is 4.74 Å². The molecule has 0 N–H and O–H groups in total. The fraction of sp³-hybridized carbons (Fsp3) is 0.286. The molecule has 0 radical (unpaired) electrons. The molecule has 5 nitrogen and oxygen atoms in total. The van der Waals surface area contributed by atoms with Crippen LogP contribution in [0.5, 0.6) is 5.75 Å². The van der Waals surface area contributed by atoms with E-state index in [0.29, 0.717) is 23.3 Å². The molecule has 1 aromatic heterocycles. The summed E-state index contributed by atoms with van der Waals surface area (Å²) in [6.45, 7) is 6.72. The summed E-state index contributed by atoms with van der Waals surface area (Å²) in [6.07, 6.45) is 2.57. The Balaban J connectivity index is 2.13. The number of hydrogen-bond acceptors (Lipinski definition) is 4. The van der Waals surface area contributed by atoms with Crippen LogP contribution in [0.25, 0.3) is 10.9 Å². The lowest BCUT2D eigenvalue weighted by molar-refractivity contribution is 0.335. The molecule has 3 rings (SSSR count). The first-order valence-corrected chi connectivity index (χ1v) is 12.2. The van der Waals surface area contributed by atoms with E-state index in [-0.39, 0.29) is 11.5 Å². The Morgan fingerprint density at radius 2 is 1.93 bits per heavy atom. The Labute approximate surface area is 205 Å². The molecule has 0 saturated heterocycles. The van der Waals surface area contributed by atoms with Gasteiger partial charge in [0.15, 0.2) is 0 Å². The zero-order valence-electron chi connectivity index (χ0n) is 16.2. The summed E-state index contributed by atoms with van der Waals surface area (Å²) < 4.78 is 9.98. The first kappa shape index (κ1) is 22.7. The molecular formula is C21H20BrI2N3O2. The number of halogens is 3. The summed E-state index contributed by atoms with van der Waals surface area (Å²) in [4.78, 5) is 17.9. The van der Waals surface area contributed by atoms with Crippen LogP contribution in [0.15, 0.2) is 44.7 Å². The van der Waals surface area contributed by atoms with Crippen LogP contribution in [0.4, 0.5) is 0 Å². The van der Waals surface area contributed by atoms with Crippen molar-refractivity contribution in [1.82, 2.24) is 9.66 Å². The molecule has 0 unspecified atom stereocenters. The normalized spacial score (nSPS) is 12.6. The number of aromatic nitrogens is 2. The van der Waals surface area contributed by atoms with Gasteiger partial charge in [-0.2, -0.15) is 9.78 Å². The highest BCUT2D eigenvalue weighted by atomic mass is 127. The van der Waals surface area contributed by atoms with E-state index in [1.807, 2.05) is 31.2 Å². The van der Waals surface area contributed by atoms with Crippen LogP contribution in [-0.4, -0.2) is 22.5 Å². The van der Waals surface area contributed by atoms with Gasteiger partial charge in [0, 0.05) is 10.4 Å². The molecule has 0 aliphatic rings. The summed E-state index contributed by atoms with van der Waals surface area (Å²) >= 11 is 7.95. The fourth-order valence-electron chi connectivity index (χ4n) is 2.84. The zero-order valence-corrected chi connectivity index (χ0v) is 22.1. The van der Waals surface area contributed by atoms with Crippen LogP contribution < -0.4 is 10.3 Å². The first-order chi connectivity index (χ1) is 13.8. The third-order valence-corrected chi connectivity index (χ3v) is 6.61. The van der Waals surface area contributed by atoms with Gasteiger partial charge in [-0.1, -0.05) is 29.8 Å². The first-order valence-electron chi connectivity index (χ1n) is 9.24. The average molecular weight is 680 g/mol. The maximum atomic E-state index is 13.2. The molecule has 29 heavy (non-hydrogen) atoms. The molecular weight excluding hydrogens is 660 g/mol. The third-order valence-electron chi connectivity index (χ3n) is 4.52. The number of rotatable bonds is 6. The Morgan fingerprint density at radius 1 is 1.24 bits per heavy atom. The topological polar surface area (TPSA) is 56.5 Å². The minimum absolute atomic E-state index is 0.105. The number of nitrogens with zero attached hydrogens (tertiary/aromatic N) is 3. The van der Waals surface area contributed by atoms with Crippen LogP contribution in [0.3, 0.4) is 0 Å². The summed E-state index contributed by atoms with van der Waals surface area (Å²) in [5.74, 6) is 1.65. The monoisotopic (exact) mass is 679 g/mol. The van der Waals surface area contributed by atoms with E-state index in [2.05, 4.69) is 80.1 Å². The van der Waals surface area contributed by atoms with Gasteiger partial charge in [0.1, 0.15) is 11.6 Å². The second kappa shape index (κ2) is 9.86. The van der Waals surface area contributed by atoms with E-state index >= 15 is 0 Å². The molecule has 0 aliphatic heterocycles. The quantitative estimate of drug-likeness (QED) is 0.232. The molecule has 8 heteroatoms. The summed E-state index contributed by atoms with van der Waals surface area (Å²) in [6, 6.07) is 9.54. The molecule has 3 aromatic rings. The van der Waals surface area contributed by atoms with Gasteiger partial charge in [-0.15, -0.1) is 0 Å². The molecule has 2 aromatic carbocycles. The van der Waals surface area contributed by atoms with Crippen molar-refractivity contribution >= 4 is 78.2 Å². The minimum atomic E-state index is -0.168. The van der Waals surface area contributed by atoms with Crippen molar-refractivity contribution in [2.75, 3.05) is 6.61 Å². The number of ether oxygens (including phenoxy) is 1. The second-order valence-electron chi connectivity index (χ2n) is 6.55. The van der Waals surface area contributed by atoms with Crippen molar-refractivity contribution in [3.05, 3.63) is 63.7 Å². The van der Waals surface area contributed by atoms with E-state index in [1.54, 1.807) is 12.3 Å². The van der Waals surface area contributed by atoms with Gasteiger partial charge >= 0.3 is 0 Å². The summed E-state index contributed by atoms with van der Waals surface area (Å²) in [7, 11) is 0. The Bertz CT molecular complexity index is 1120. The number of benzene rings is 2. The number of fused-ring (bicyclic) bond motifs is 1. The Hall–Kier alpha value is -1.01. The molecule has 0 spiro atoms. The smallest absolute Gasteiger partial charge is 0.282 e. The van der Waals surface area contributed by atoms with Crippen LogP contribution in [0.1, 0.15) is 44.5 Å². The van der Waals surface area contributed by atoms with Crippen molar-refractivity contribution in [3.8, 4) is 5.75 Å². The predicted octanol–water partition coefficient (Wildman–Crippen LogP) is 6.16. The Morgan fingerprint density at radius 3 is 2.55 bits per heavy atom. The highest BCUT2D eigenvalue weighted by Gasteiger charge is 2.16. The average Bonchev–Trinajstić information content (AvgIpc) is 2.69. The van der Waals surface area contributed by atoms with Crippen LogP contribution in [-0.2, 0) is 0 Å². The van der Waals surface area contributed by atoms with Gasteiger partial charge in [-0.25, -0.2) is 4.98 Å². The third kappa shape index (κ3) is 5.01. The predicted molar refractivity (Wildman–Crippen MR) is 138 cm³/mol. The van der Waals surface area contributed by atoms with E-state index in [0.717, 1.165) is 29.3 Å². The lowest BCUT2D eigenvalue weighted by atomic mass is 10.1. The highest BCUT2D eigenvalue weighted by Crippen LogP contribution is 2.28.